The first-order valence-corrected chi connectivity index (χ1v) is 7.02. The highest BCUT2D eigenvalue weighted by Gasteiger charge is 2.13. The molecule has 0 fully saturated rings. The van der Waals surface area contributed by atoms with Crippen molar-refractivity contribution >= 4 is 23.2 Å². The van der Waals surface area contributed by atoms with E-state index < -0.39 is 11.7 Å². The molecule has 0 aliphatic carbocycles. The summed E-state index contributed by atoms with van der Waals surface area (Å²) in [5, 5.41) is 2.84. The van der Waals surface area contributed by atoms with Crippen LogP contribution in [0.3, 0.4) is 0 Å². The first-order valence-electron chi connectivity index (χ1n) is 6.64. The minimum atomic E-state index is -0.492. The molecule has 1 aromatic heterocycles. The quantitative estimate of drug-likeness (QED) is 0.757. The second-order valence-corrected chi connectivity index (χ2v) is 5.10. The number of aromatic nitrogens is 1. The Balaban J connectivity index is 1.92. The van der Waals surface area contributed by atoms with Crippen LogP contribution in [0.2, 0.25) is 5.02 Å². The maximum absolute atomic E-state index is 13.6. The normalized spacial score (nSPS) is 10.5. The summed E-state index contributed by atoms with van der Waals surface area (Å²) in [5.74, 6) is -0.947. The fourth-order valence-corrected chi connectivity index (χ4v) is 2.31. The number of halogens is 2. The molecule has 0 aliphatic heterocycles. The minimum Gasteiger partial charge on any atom is -0.324 e. The van der Waals surface area contributed by atoms with E-state index >= 15 is 0 Å². The van der Waals surface area contributed by atoms with E-state index in [-0.39, 0.29) is 11.3 Å². The predicted octanol–water partition coefficient (Wildman–Crippen LogP) is 4.52. The summed E-state index contributed by atoms with van der Waals surface area (Å²) < 4.78 is 15.5. The van der Waals surface area contributed by atoms with E-state index in [4.69, 9.17) is 11.6 Å². The molecule has 3 nitrogen and oxygen atoms in total. The first kappa shape index (κ1) is 14.4. The number of para-hydroxylation sites is 1. The van der Waals surface area contributed by atoms with Crippen LogP contribution >= 0.6 is 11.6 Å². The Kier molecular flexibility index (Phi) is 3.94. The highest BCUT2D eigenvalue weighted by molar-refractivity contribution is 6.34. The molecule has 1 N–H and O–H groups in total. The third-order valence-corrected chi connectivity index (χ3v) is 3.55. The Bertz CT molecular complexity index is 815. The number of nitrogens with zero attached hydrogens (tertiary/aromatic N) is 1. The van der Waals surface area contributed by atoms with Crippen molar-refractivity contribution in [1.29, 1.82) is 0 Å². The zero-order valence-electron chi connectivity index (χ0n) is 11.5. The molecule has 22 heavy (non-hydrogen) atoms. The van der Waals surface area contributed by atoms with Gasteiger partial charge in [0.05, 0.1) is 16.3 Å². The van der Waals surface area contributed by atoms with Crippen LogP contribution in [-0.2, 0) is 0 Å². The Morgan fingerprint density at radius 2 is 1.77 bits per heavy atom. The van der Waals surface area contributed by atoms with Crippen molar-refractivity contribution in [1.82, 2.24) is 4.57 Å². The smallest absolute Gasteiger partial charge is 0.257 e. The van der Waals surface area contributed by atoms with Crippen LogP contribution in [0.4, 0.5) is 10.1 Å². The van der Waals surface area contributed by atoms with Crippen molar-refractivity contribution in [3.05, 3.63) is 83.4 Å². The lowest BCUT2D eigenvalue weighted by molar-refractivity contribution is 0.102. The number of carbonyl (C=O) groups excluding carboxylic acids is 1. The number of carbonyl (C=O) groups is 1. The monoisotopic (exact) mass is 314 g/mol. The van der Waals surface area contributed by atoms with Gasteiger partial charge in [-0.2, -0.15) is 0 Å². The van der Waals surface area contributed by atoms with Gasteiger partial charge in [-0.3, -0.25) is 4.79 Å². The van der Waals surface area contributed by atoms with Gasteiger partial charge in [-0.05, 0) is 42.5 Å². The van der Waals surface area contributed by atoms with Gasteiger partial charge in [-0.15, -0.1) is 0 Å². The molecule has 0 bridgehead atoms. The SMILES string of the molecule is O=C(Nc1ccccc1F)c1cc(-n2cccc2)ccc1Cl. The van der Waals surface area contributed by atoms with Gasteiger partial charge in [0.25, 0.3) is 5.91 Å². The van der Waals surface area contributed by atoms with Gasteiger partial charge in [-0.25, -0.2) is 4.39 Å². The van der Waals surface area contributed by atoms with Crippen LogP contribution in [0.5, 0.6) is 0 Å². The van der Waals surface area contributed by atoms with Crippen molar-refractivity contribution in [2.24, 2.45) is 0 Å². The molecule has 0 radical (unpaired) electrons. The third-order valence-electron chi connectivity index (χ3n) is 3.22. The van der Waals surface area contributed by atoms with Gasteiger partial charge in [0.15, 0.2) is 0 Å². The van der Waals surface area contributed by atoms with E-state index in [0.717, 1.165) is 5.69 Å². The lowest BCUT2D eigenvalue weighted by Gasteiger charge is -2.10. The molecule has 0 unspecified atom stereocenters. The van der Waals surface area contributed by atoms with E-state index in [0.29, 0.717) is 5.02 Å². The van der Waals surface area contributed by atoms with Gasteiger partial charge in [0, 0.05) is 18.1 Å². The van der Waals surface area contributed by atoms with E-state index in [9.17, 15) is 9.18 Å². The number of benzene rings is 2. The second-order valence-electron chi connectivity index (χ2n) is 4.69. The van der Waals surface area contributed by atoms with E-state index in [1.807, 2.05) is 35.2 Å². The Morgan fingerprint density at radius 3 is 2.50 bits per heavy atom. The Hall–Kier alpha value is -2.59. The van der Waals surface area contributed by atoms with Crippen molar-refractivity contribution in [3.63, 3.8) is 0 Å². The topological polar surface area (TPSA) is 34.0 Å². The average Bonchev–Trinajstić information content (AvgIpc) is 3.04. The molecule has 0 aliphatic rings. The van der Waals surface area contributed by atoms with Crippen LogP contribution in [-0.4, -0.2) is 10.5 Å². The molecular formula is C17H12ClFN2O. The Labute approximate surface area is 132 Å². The largest absolute Gasteiger partial charge is 0.324 e. The molecule has 1 heterocycles. The van der Waals surface area contributed by atoms with Crippen molar-refractivity contribution in [2.75, 3.05) is 5.32 Å². The third kappa shape index (κ3) is 2.87. The molecule has 3 rings (SSSR count). The Morgan fingerprint density at radius 1 is 1.05 bits per heavy atom. The zero-order chi connectivity index (χ0) is 15.5. The fraction of sp³-hybridized carbons (Fsp3) is 0. The molecule has 3 aromatic rings. The summed E-state index contributed by atoms with van der Waals surface area (Å²) in [6, 6.07) is 14.9. The minimum absolute atomic E-state index is 0.120. The van der Waals surface area contributed by atoms with E-state index in [2.05, 4.69) is 5.32 Å². The first-order chi connectivity index (χ1) is 10.6. The molecule has 0 spiro atoms. The summed E-state index contributed by atoms with van der Waals surface area (Å²) in [6.07, 6.45) is 3.73. The molecule has 0 saturated carbocycles. The number of anilines is 1. The summed E-state index contributed by atoms with van der Waals surface area (Å²) in [5.41, 5.74) is 1.21. The number of amides is 1. The molecule has 0 atom stereocenters. The summed E-state index contributed by atoms with van der Waals surface area (Å²) in [4.78, 5) is 12.3. The van der Waals surface area contributed by atoms with Crippen LogP contribution in [0.15, 0.2) is 67.0 Å². The summed E-state index contributed by atoms with van der Waals surface area (Å²) in [7, 11) is 0. The number of hydrogen-bond donors (Lipinski definition) is 1. The molecule has 2 aromatic carbocycles. The summed E-state index contributed by atoms with van der Waals surface area (Å²) in [6.45, 7) is 0. The van der Waals surface area contributed by atoms with Gasteiger partial charge >= 0.3 is 0 Å². The van der Waals surface area contributed by atoms with Gasteiger partial charge < -0.3 is 9.88 Å². The van der Waals surface area contributed by atoms with Crippen molar-refractivity contribution < 1.29 is 9.18 Å². The van der Waals surface area contributed by atoms with E-state index in [1.54, 1.807) is 24.3 Å². The fourth-order valence-electron chi connectivity index (χ4n) is 2.11. The lowest BCUT2D eigenvalue weighted by Crippen LogP contribution is -2.14. The van der Waals surface area contributed by atoms with Crippen LogP contribution in [0.1, 0.15) is 10.4 Å². The number of hydrogen-bond acceptors (Lipinski definition) is 1. The van der Waals surface area contributed by atoms with Crippen molar-refractivity contribution in [3.8, 4) is 5.69 Å². The van der Waals surface area contributed by atoms with Crippen LogP contribution < -0.4 is 5.32 Å². The van der Waals surface area contributed by atoms with Gasteiger partial charge in [0.1, 0.15) is 5.82 Å². The van der Waals surface area contributed by atoms with Crippen LogP contribution in [0, 0.1) is 5.82 Å². The highest BCUT2D eigenvalue weighted by atomic mass is 35.5. The zero-order valence-corrected chi connectivity index (χ0v) is 12.2. The number of nitrogens with one attached hydrogen (secondary N) is 1. The highest BCUT2D eigenvalue weighted by Crippen LogP contribution is 2.22. The maximum atomic E-state index is 13.6. The number of rotatable bonds is 3. The molecule has 5 heteroatoms. The molecule has 1 amide bonds. The predicted molar refractivity (Wildman–Crippen MR) is 85.1 cm³/mol. The average molecular weight is 315 g/mol. The van der Waals surface area contributed by atoms with Gasteiger partial charge in [-0.1, -0.05) is 23.7 Å². The lowest BCUT2D eigenvalue weighted by atomic mass is 10.1. The van der Waals surface area contributed by atoms with Crippen LogP contribution in [0.25, 0.3) is 5.69 Å². The molecule has 0 saturated heterocycles. The maximum Gasteiger partial charge on any atom is 0.257 e. The molecular weight excluding hydrogens is 303 g/mol. The summed E-state index contributed by atoms with van der Waals surface area (Å²) >= 11 is 6.09. The standard InChI is InChI=1S/C17H12ClFN2O/c18-14-8-7-12(21-9-3-4-10-21)11-13(14)17(22)20-16-6-2-1-5-15(16)19/h1-11H,(H,20,22). The van der Waals surface area contributed by atoms with Gasteiger partial charge in [0.2, 0.25) is 0 Å². The second kappa shape index (κ2) is 6.03. The van der Waals surface area contributed by atoms with E-state index in [1.165, 1.54) is 12.1 Å². The van der Waals surface area contributed by atoms with Crippen molar-refractivity contribution in [2.45, 2.75) is 0 Å². The molecule has 110 valence electrons.